The lowest BCUT2D eigenvalue weighted by molar-refractivity contribution is 0.572. The molecule has 88 valence electrons. The van der Waals surface area contributed by atoms with Crippen molar-refractivity contribution in [2.24, 2.45) is 0 Å². The lowest BCUT2D eigenvalue weighted by Gasteiger charge is -1.81. The van der Waals surface area contributed by atoms with Crippen molar-refractivity contribution in [3.8, 4) is 0 Å². The standard InChI is InChI=1S/2C8H6O/c1-2-4-8-6-9-5-7(8)3-1;1-2-4-8-7(3-1)5-6-9-8/h2*1-6H. The van der Waals surface area contributed by atoms with Gasteiger partial charge in [0.1, 0.15) is 5.58 Å². The number of para-hydroxylation sites is 1. The van der Waals surface area contributed by atoms with Crippen molar-refractivity contribution in [2.45, 2.75) is 0 Å². The molecular formula is C16H12O2. The van der Waals surface area contributed by atoms with E-state index in [1.54, 1.807) is 18.8 Å². The second-order valence-electron chi connectivity index (χ2n) is 3.96. The fourth-order valence-electron chi connectivity index (χ4n) is 1.81. The zero-order chi connectivity index (χ0) is 12.2. The summed E-state index contributed by atoms with van der Waals surface area (Å²) in [5.41, 5.74) is 0.956. The first-order valence-corrected chi connectivity index (χ1v) is 5.77. The van der Waals surface area contributed by atoms with Crippen LogP contribution in [0.2, 0.25) is 0 Å². The first-order valence-electron chi connectivity index (χ1n) is 5.77. The lowest BCUT2D eigenvalue weighted by Crippen LogP contribution is -1.57. The molecule has 2 heterocycles. The molecule has 2 aromatic carbocycles. The molecule has 0 saturated carbocycles. The maximum atomic E-state index is 5.12. The number of fused-ring (bicyclic) bond motifs is 2. The molecule has 0 aliphatic rings. The van der Waals surface area contributed by atoms with Gasteiger partial charge in [-0.2, -0.15) is 0 Å². The number of hydrogen-bond donors (Lipinski definition) is 0. The summed E-state index contributed by atoms with van der Waals surface area (Å²) in [5, 5.41) is 3.49. The van der Waals surface area contributed by atoms with Crippen molar-refractivity contribution in [2.75, 3.05) is 0 Å². The molecule has 2 nitrogen and oxygen atoms in total. The molecule has 4 rings (SSSR count). The highest BCUT2D eigenvalue weighted by Crippen LogP contribution is 2.13. The highest BCUT2D eigenvalue weighted by molar-refractivity contribution is 5.80. The van der Waals surface area contributed by atoms with Gasteiger partial charge in [0.15, 0.2) is 0 Å². The van der Waals surface area contributed by atoms with Crippen molar-refractivity contribution in [1.29, 1.82) is 0 Å². The molecule has 0 radical (unpaired) electrons. The van der Waals surface area contributed by atoms with Gasteiger partial charge < -0.3 is 8.83 Å². The van der Waals surface area contributed by atoms with Crippen LogP contribution >= 0.6 is 0 Å². The SMILES string of the molecule is c1ccc2cocc2c1.c1ccc2occc2c1. The molecule has 0 spiro atoms. The monoisotopic (exact) mass is 236 g/mol. The van der Waals surface area contributed by atoms with E-state index in [9.17, 15) is 0 Å². The van der Waals surface area contributed by atoms with Crippen molar-refractivity contribution in [3.63, 3.8) is 0 Å². The molecule has 0 amide bonds. The molecule has 0 aliphatic carbocycles. The van der Waals surface area contributed by atoms with Crippen LogP contribution in [0, 0.1) is 0 Å². The molecule has 0 aliphatic heterocycles. The van der Waals surface area contributed by atoms with Gasteiger partial charge in [0.2, 0.25) is 0 Å². The largest absolute Gasteiger partial charge is 0.471 e. The summed E-state index contributed by atoms with van der Waals surface area (Å²) < 4.78 is 10.1. The zero-order valence-electron chi connectivity index (χ0n) is 9.74. The molecule has 2 heteroatoms. The van der Waals surface area contributed by atoms with Gasteiger partial charge in [0, 0.05) is 16.2 Å². The molecule has 0 bridgehead atoms. The summed E-state index contributed by atoms with van der Waals surface area (Å²) in [6.45, 7) is 0. The van der Waals surface area contributed by atoms with E-state index in [-0.39, 0.29) is 0 Å². The van der Waals surface area contributed by atoms with Crippen LogP contribution in [0.3, 0.4) is 0 Å². The minimum atomic E-state index is 0.956. The topological polar surface area (TPSA) is 26.3 Å². The third kappa shape index (κ3) is 2.13. The van der Waals surface area contributed by atoms with Gasteiger partial charge >= 0.3 is 0 Å². The summed E-state index contributed by atoms with van der Waals surface area (Å²) in [5.74, 6) is 0. The maximum absolute atomic E-state index is 5.12. The summed E-state index contributed by atoms with van der Waals surface area (Å²) in [7, 11) is 0. The number of hydrogen-bond acceptors (Lipinski definition) is 2. The Bertz CT molecular complexity index is 623. The molecule has 4 aromatic rings. The van der Waals surface area contributed by atoms with E-state index in [0.717, 1.165) is 21.7 Å². The summed E-state index contributed by atoms with van der Waals surface area (Å²) in [6.07, 6.45) is 5.19. The Hall–Kier alpha value is -2.48. The van der Waals surface area contributed by atoms with Crippen LogP contribution in [0.25, 0.3) is 21.7 Å². The average molecular weight is 236 g/mol. The van der Waals surface area contributed by atoms with E-state index >= 15 is 0 Å². The Labute approximate surface area is 104 Å². The van der Waals surface area contributed by atoms with E-state index in [0.29, 0.717) is 0 Å². The van der Waals surface area contributed by atoms with E-state index in [1.807, 2.05) is 54.6 Å². The third-order valence-corrected chi connectivity index (χ3v) is 2.75. The van der Waals surface area contributed by atoms with Crippen LogP contribution in [0.5, 0.6) is 0 Å². The molecule has 18 heavy (non-hydrogen) atoms. The fraction of sp³-hybridized carbons (Fsp3) is 0. The van der Waals surface area contributed by atoms with E-state index in [4.69, 9.17) is 8.83 Å². The van der Waals surface area contributed by atoms with Crippen molar-refractivity contribution in [3.05, 3.63) is 73.4 Å². The Morgan fingerprint density at radius 2 is 1.22 bits per heavy atom. The van der Waals surface area contributed by atoms with Gasteiger partial charge in [-0.1, -0.05) is 42.5 Å². The highest BCUT2D eigenvalue weighted by atomic mass is 16.3. The quantitative estimate of drug-likeness (QED) is 0.435. The lowest BCUT2D eigenvalue weighted by atomic mass is 10.2. The van der Waals surface area contributed by atoms with E-state index in [1.165, 1.54) is 0 Å². The maximum Gasteiger partial charge on any atom is 0.133 e. The van der Waals surface area contributed by atoms with Crippen molar-refractivity contribution >= 4 is 21.7 Å². The highest BCUT2D eigenvalue weighted by Gasteiger charge is 1.90. The van der Waals surface area contributed by atoms with Crippen LogP contribution < -0.4 is 0 Å². The van der Waals surface area contributed by atoms with Gasteiger partial charge in [-0.25, -0.2) is 0 Å². The van der Waals surface area contributed by atoms with Gasteiger partial charge in [-0.3, -0.25) is 0 Å². The summed E-state index contributed by atoms with van der Waals surface area (Å²) in [6, 6.07) is 17.9. The Kier molecular flexibility index (Phi) is 2.84. The second-order valence-corrected chi connectivity index (χ2v) is 3.96. The van der Waals surface area contributed by atoms with Crippen molar-refractivity contribution in [1.82, 2.24) is 0 Å². The first kappa shape index (κ1) is 10.7. The Balaban J connectivity index is 0.000000111. The van der Waals surface area contributed by atoms with Gasteiger partial charge in [0.25, 0.3) is 0 Å². The molecule has 0 atom stereocenters. The van der Waals surface area contributed by atoms with Crippen LogP contribution in [0.1, 0.15) is 0 Å². The molecule has 0 unspecified atom stereocenters. The first-order chi connectivity index (χ1) is 8.93. The minimum absolute atomic E-state index is 0.956. The average Bonchev–Trinajstić information content (AvgIpc) is 3.08. The van der Waals surface area contributed by atoms with Gasteiger partial charge in [-0.05, 0) is 12.1 Å². The predicted molar refractivity (Wildman–Crippen MR) is 72.4 cm³/mol. The molecule has 0 N–H and O–H groups in total. The van der Waals surface area contributed by atoms with Crippen LogP contribution in [-0.2, 0) is 0 Å². The molecule has 2 aromatic heterocycles. The second kappa shape index (κ2) is 4.80. The van der Waals surface area contributed by atoms with E-state index < -0.39 is 0 Å². The number of benzene rings is 2. The van der Waals surface area contributed by atoms with E-state index in [2.05, 4.69) is 0 Å². The van der Waals surface area contributed by atoms with Crippen LogP contribution in [-0.4, -0.2) is 0 Å². The predicted octanol–water partition coefficient (Wildman–Crippen LogP) is 4.87. The number of rotatable bonds is 0. The normalized spacial score (nSPS) is 10.2. The summed E-state index contributed by atoms with van der Waals surface area (Å²) in [4.78, 5) is 0. The molecule has 0 fully saturated rings. The van der Waals surface area contributed by atoms with Crippen molar-refractivity contribution < 1.29 is 8.83 Å². The fourth-order valence-corrected chi connectivity index (χ4v) is 1.81. The number of furan rings is 2. The van der Waals surface area contributed by atoms with Crippen LogP contribution in [0.15, 0.2) is 82.2 Å². The summed E-state index contributed by atoms with van der Waals surface area (Å²) >= 11 is 0. The molecular weight excluding hydrogens is 224 g/mol. The van der Waals surface area contributed by atoms with Crippen LogP contribution in [0.4, 0.5) is 0 Å². The minimum Gasteiger partial charge on any atom is -0.471 e. The Morgan fingerprint density at radius 3 is 1.89 bits per heavy atom. The molecule has 0 saturated heterocycles. The zero-order valence-corrected chi connectivity index (χ0v) is 9.74. The van der Waals surface area contributed by atoms with Gasteiger partial charge in [-0.15, -0.1) is 0 Å². The third-order valence-electron chi connectivity index (χ3n) is 2.75. The smallest absolute Gasteiger partial charge is 0.133 e. The Morgan fingerprint density at radius 1 is 0.611 bits per heavy atom. The van der Waals surface area contributed by atoms with Gasteiger partial charge in [0.05, 0.1) is 18.8 Å².